The highest BCUT2D eigenvalue weighted by molar-refractivity contribution is 9.10. The summed E-state index contributed by atoms with van der Waals surface area (Å²) in [6, 6.07) is 7.59. The van der Waals surface area contributed by atoms with Crippen molar-refractivity contribution in [1.29, 1.82) is 0 Å². The number of nitrogens with one attached hydrogen (secondary N) is 2. The maximum absolute atomic E-state index is 12.2. The number of piperidine rings is 1. The highest BCUT2D eigenvalue weighted by Crippen LogP contribution is 2.14. The summed E-state index contributed by atoms with van der Waals surface area (Å²) in [5, 5.41) is 5.68. The predicted octanol–water partition coefficient (Wildman–Crippen LogP) is 1.66. The Labute approximate surface area is 165 Å². The van der Waals surface area contributed by atoms with Crippen LogP contribution >= 0.6 is 15.9 Å². The molecule has 2 amide bonds. The van der Waals surface area contributed by atoms with Gasteiger partial charge in [0.25, 0.3) is 0 Å². The Morgan fingerprint density at radius 3 is 2.46 bits per heavy atom. The highest BCUT2D eigenvalue weighted by Gasteiger charge is 2.21. The number of likely N-dealkylation sites (tertiary alicyclic amines) is 1. The van der Waals surface area contributed by atoms with E-state index in [0.717, 1.165) is 35.3 Å². The summed E-state index contributed by atoms with van der Waals surface area (Å²) in [5.41, 5.74) is 0. The first-order chi connectivity index (χ1) is 12.5. The van der Waals surface area contributed by atoms with Crippen LogP contribution in [0.1, 0.15) is 25.7 Å². The normalized spacial score (nSPS) is 16.8. The molecular weight excluding hydrogens is 418 g/mol. The predicted molar refractivity (Wildman–Crippen MR) is 106 cm³/mol. The quantitative estimate of drug-likeness (QED) is 0.640. The largest absolute Gasteiger partial charge is 0.358 e. The van der Waals surface area contributed by atoms with Crippen LogP contribution in [-0.4, -0.2) is 59.4 Å². The standard InChI is InChI=1S/C18H26BrN3O3S/c1-20-18(24)13-22-10-8-15(9-11-22)21-17(23)3-2-12-26(25)16-6-4-14(19)5-7-16/h4-7,15H,2-3,8-13H2,1H3,(H,20,24)(H,21,23). The molecule has 0 bridgehead atoms. The molecule has 0 saturated carbocycles. The summed E-state index contributed by atoms with van der Waals surface area (Å²) in [6.45, 7) is 2.04. The van der Waals surface area contributed by atoms with Crippen molar-refractivity contribution in [2.75, 3.05) is 32.4 Å². The molecule has 1 heterocycles. The molecule has 1 atom stereocenters. The van der Waals surface area contributed by atoms with Crippen molar-refractivity contribution in [1.82, 2.24) is 15.5 Å². The van der Waals surface area contributed by atoms with E-state index in [9.17, 15) is 13.8 Å². The SMILES string of the molecule is CNC(=O)CN1CCC(NC(=O)CCCS(=O)c2ccc(Br)cc2)CC1. The third kappa shape index (κ3) is 7.17. The van der Waals surface area contributed by atoms with E-state index < -0.39 is 10.8 Å². The maximum Gasteiger partial charge on any atom is 0.233 e. The van der Waals surface area contributed by atoms with Crippen LogP contribution in [0.4, 0.5) is 0 Å². The Hall–Kier alpha value is -1.25. The summed E-state index contributed by atoms with van der Waals surface area (Å²) >= 11 is 3.36. The van der Waals surface area contributed by atoms with Crippen LogP contribution in [0.2, 0.25) is 0 Å². The van der Waals surface area contributed by atoms with Crippen molar-refractivity contribution < 1.29 is 13.8 Å². The van der Waals surface area contributed by atoms with E-state index in [0.29, 0.717) is 25.1 Å². The number of hydrogen-bond acceptors (Lipinski definition) is 4. The van der Waals surface area contributed by atoms with E-state index in [2.05, 4.69) is 31.5 Å². The minimum atomic E-state index is -1.07. The van der Waals surface area contributed by atoms with Crippen LogP contribution in [0.3, 0.4) is 0 Å². The highest BCUT2D eigenvalue weighted by atomic mass is 79.9. The van der Waals surface area contributed by atoms with Gasteiger partial charge in [-0.2, -0.15) is 0 Å². The van der Waals surface area contributed by atoms with Gasteiger partial charge in [0.2, 0.25) is 11.8 Å². The summed E-state index contributed by atoms with van der Waals surface area (Å²) in [4.78, 5) is 26.4. The number of carbonyl (C=O) groups is 2. The second-order valence-corrected chi connectivity index (χ2v) is 8.88. The van der Waals surface area contributed by atoms with Crippen LogP contribution in [0.5, 0.6) is 0 Å². The van der Waals surface area contributed by atoms with Gasteiger partial charge in [-0.1, -0.05) is 15.9 Å². The summed E-state index contributed by atoms with van der Waals surface area (Å²) in [6.07, 6.45) is 2.70. The van der Waals surface area contributed by atoms with E-state index in [1.54, 1.807) is 7.05 Å². The van der Waals surface area contributed by atoms with E-state index in [1.165, 1.54) is 0 Å². The second-order valence-electron chi connectivity index (χ2n) is 6.40. The fourth-order valence-electron chi connectivity index (χ4n) is 2.89. The van der Waals surface area contributed by atoms with Crippen LogP contribution in [0.15, 0.2) is 33.6 Å². The molecule has 8 heteroatoms. The number of likely N-dealkylation sites (N-methyl/N-ethyl adjacent to an activating group) is 1. The van der Waals surface area contributed by atoms with Crippen molar-refractivity contribution >= 4 is 38.5 Å². The number of amides is 2. The van der Waals surface area contributed by atoms with Gasteiger partial charge in [0.1, 0.15) is 0 Å². The van der Waals surface area contributed by atoms with E-state index in [1.807, 2.05) is 24.3 Å². The number of halogens is 1. The van der Waals surface area contributed by atoms with Crippen molar-refractivity contribution in [3.63, 3.8) is 0 Å². The number of benzene rings is 1. The van der Waals surface area contributed by atoms with E-state index in [-0.39, 0.29) is 17.9 Å². The molecule has 2 N–H and O–H groups in total. The first-order valence-electron chi connectivity index (χ1n) is 8.84. The van der Waals surface area contributed by atoms with Gasteiger partial charge in [-0.25, -0.2) is 0 Å². The summed E-state index contributed by atoms with van der Waals surface area (Å²) in [7, 11) is 0.566. The van der Waals surface area contributed by atoms with Gasteiger partial charge in [-0.05, 0) is 43.5 Å². The lowest BCUT2D eigenvalue weighted by Gasteiger charge is -2.31. The first kappa shape index (κ1) is 21.1. The third-order valence-corrected chi connectivity index (χ3v) is 6.39. The van der Waals surface area contributed by atoms with Gasteiger partial charge >= 0.3 is 0 Å². The van der Waals surface area contributed by atoms with Gasteiger partial charge in [-0.3, -0.25) is 18.7 Å². The van der Waals surface area contributed by atoms with Gasteiger partial charge < -0.3 is 10.6 Å². The minimum Gasteiger partial charge on any atom is -0.358 e. The molecular formula is C18H26BrN3O3S. The minimum absolute atomic E-state index is 0.0163. The van der Waals surface area contributed by atoms with Crippen molar-refractivity contribution in [2.24, 2.45) is 0 Å². The Kier molecular flexibility index (Phi) is 8.74. The van der Waals surface area contributed by atoms with Gasteiger partial charge in [0.05, 0.1) is 17.3 Å². The lowest BCUT2D eigenvalue weighted by molar-refractivity contribution is -0.124. The fraction of sp³-hybridized carbons (Fsp3) is 0.556. The van der Waals surface area contributed by atoms with Gasteiger partial charge in [0.15, 0.2) is 0 Å². The second kappa shape index (κ2) is 10.8. The number of carbonyl (C=O) groups excluding carboxylic acids is 2. The van der Waals surface area contributed by atoms with Crippen LogP contribution in [0.25, 0.3) is 0 Å². The lowest BCUT2D eigenvalue weighted by atomic mass is 10.0. The first-order valence-corrected chi connectivity index (χ1v) is 11.0. The molecule has 1 aromatic carbocycles. The maximum atomic E-state index is 12.2. The zero-order chi connectivity index (χ0) is 18.9. The summed E-state index contributed by atoms with van der Waals surface area (Å²) in [5.74, 6) is 0.522. The smallest absolute Gasteiger partial charge is 0.233 e. The molecule has 6 nitrogen and oxygen atoms in total. The molecule has 1 aliphatic heterocycles. The Bertz CT molecular complexity index is 631. The number of hydrogen-bond donors (Lipinski definition) is 2. The van der Waals surface area contributed by atoms with Crippen molar-refractivity contribution in [3.8, 4) is 0 Å². The molecule has 1 aromatic rings. The molecule has 1 fully saturated rings. The third-order valence-electron chi connectivity index (χ3n) is 4.41. The van der Waals surface area contributed by atoms with Crippen LogP contribution in [-0.2, 0) is 20.4 Å². The van der Waals surface area contributed by atoms with Crippen molar-refractivity contribution in [2.45, 2.75) is 36.6 Å². The molecule has 26 heavy (non-hydrogen) atoms. The molecule has 0 aliphatic carbocycles. The van der Waals surface area contributed by atoms with Crippen molar-refractivity contribution in [3.05, 3.63) is 28.7 Å². The molecule has 0 aromatic heterocycles. The average molecular weight is 444 g/mol. The Morgan fingerprint density at radius 2 is 1.85 bits per heavy atom. The Balaban J connectivity index is 1.63. The fourth-order valence-corrected chi connectivity index (χ4v) is 4.23. The van der Waals surface area contributed by atoms with E-state index >= 15 is 0 Å². The molecule has 0 radical (unpaired) electrons. The average Bonchev–Trinajstić information content (AvgIpc) is 2.63. The zero-order valence-electron chi connectivity index (χ0n) is 15.0. The molecule has 1 unspecified atom stereocenters. The molecule has 144 valence electrons. The lowest BCUT2D eigenvalue weighted by Crippen LogP contribution is -2.47. The van der Waals surface area contributed by atoms with Gasteiger partial charge in [0, 0.05) is 47.7 Å². The van der Waals surface area contributed by atoms with Crippen LogP contribution in [0, 0.1) is 0 Å². The van der Waals surface area contributed by atoms with Crippen LogP contribution < -0.4 is 10.6 Å². The molecule has 2 rings (SSSR count). The van der Waals surface area contributed by atoms with E-state index in [4.69, 9.17) is 0 Å². The zero-order valence-corrected chi connectivity index (χ0v) is 17.4. The molecule has 0 spiro atoms. The number of rotatable bonds is 8. The Morgan fingerprint density at radius 1 is 1.19 bits per heavy atom. The van der Waals surface area contributed by atoms with Gasteiger partial charge in [-0.15, -0.1) is 0 Å². The summed E-state index contributed by atoms with van der Waals surface area (Å²) < 4.78 is 13.2. The number of nitrogens with zero attached hydrogens (tertiary/aromatic N) is 1. The topological polar surface area (TPSA) is 78.5 Å². The molecule has 1 saturated heterocycles. The molecule has 1 aliphatic rings. The monoisotopic (exact) mass is 443 g/mol.